The van der Waals surface area contributed by atoms with Gasteiger partial charge in [-0.05, 0) is 45.4 Å². The van der Waals surface area contributed by atoms with Crippen LogP contribution in [0.5, 0.6) is 0 Å². The standard InChI is InChI=1S/C15H27NO4/c1-9-6-5-7-10(8-9)11(12(16)13(17)18)14(19)20-15(2,3)4/h9-12H,5-8,16H2,1-4H3,(H,17,18). The number of nitrogens with two attached hydrogens (primary N) is 1. The van der Waals surface area contributed by atoms with E-state index in [4.69, 9.17) is 15.6 Å². The average Bonchev–Trinajstić information content (AvgIpc) is 2.26. The van der Waals surface area contributed by atoms with Gasteiger partial charge in [0.15, 0.2) is 0 Å². The van der Waals surface area contributed by atoms with E-state index < -0.39 is 29.5 Å². The van der Waals surface area contributed by atoms with E-state index in [-0.39, 0.29) is 5.92 Å². The Hall–Kier alpha value is -1.10. The molecule has 0 heterocycles. The van der Waals surface area contributed by atoms with Crippen LogP contribution in [0.1, 0.15) is 53.4 Å². The van der Waals surface area contributed by atoms with Crippen LogP contribution in [-0.2, 0) is 14.3 Å². The van der Waals surface area contributed by atoms with Crippen molar-refractivity contribution in [3.63, 3.8) is 0 Å². The monoisotopic (exact) mass is 285 g/mol. The smallest absolute Gasteiger partial charge is 0.321 e. The third-order valence-corrected chi connectivity index (χ3v) is 3.84. The van der Waals surface area contributed by atoms with Crippen LogP contribution in [0.4, 0.5) is 0 Å². The van der Waals surface area contributed by atoms with E-state index in [1.807, 2.05) is 0 Å². The molecule has 0 aromatic rings. The summed E-state index contributed by atoms with van der Waals surface area (Å²) in [5, 5.41) is 9.16. The molecule has 0 bridgehead atoms. The minimum atomic E-state index is -1.19. The van der Waals surface area contributed by atoms with Gasteiger partial charge in [0.05, 0.1) is 5.92 Å². The van der Waals surface area contributed by atoms with Gasteiger partial charge in [0, 0.05) is 0 Å². The van der Waals surface area contributed by atoms with Crippen molar-refractivity contribution in [3.05, 3.63) is 0 Å². The van der Waals surface area contributed by atoms with Gasteiger partial charge in [0.1, 0.15) is 11.6 Å². The summed E-state index contributed by atoms with van der Waals surface area (Å²) in [6, 6.07) is -1.19. The molecule has 4 atom stereocenters. The van der Waals surface area contributed by atoms with Crippen molar-refractivity contribution in [2.75, 3.05) is 0 Å². The van der Waals surface area contributed by atoms with Gasteiger partial charge >= 0.3 is 11.9 Å². The highest BCUT2D eigenvalue weighted by molar-refractivity contribution is 5.83. The Bertz CT molecular complexity index is 361. The number of ether oxygens (including phenoxy) is 1. The topological polar surface area (TPSA) is 89.6 Å². The first-order valence-electron chi connectivity index (χ1n) is 7.33. The maximum absolute atomic E-state index is 12.3. The van der Waals surface area contributed by atoms with Gasteiger partial charge in [-0.1, -0.05) is 19.8 Å². The van der Waals surface area contributed by atoms with Crippen molar-refractivity contribution < 1.29 is 19.4 Å². The summed E-state index contributed by atoms with van der Waals surface area (Å²) in [4.78, 5) is 23.5. The van der Waals surface area contributed by atoms with Crippen LogP contribution in [0.3, 0.4) is 0 Å². The average molecular weight is 285 g/mol. The molecule has 1 saturated carbocycles. The molecule has 5 heteroatoms. The van der Waals surface area contributed by atoms with E-state index >= 15 is 0 Å². The number of esters is 1. The van der Waals surface area contributed by atoms with Crippen LogP contribution in [0.2, 0.25) is 0 Å². The summed E-state index contributed by atoms with van der Waals surface area (Å²) in [6.45, 7) is 7.46. The van der Waals surface area contributed by atoms with Crippen LogP contribution in [0, 0.1) is 17.8 Å². The Balaban J connectivity index is 2.90. The highest BCUT2D eigenvalue weighted by atomic mass is 16.6. The summed E-state index contributed by atoms with van der Waals surface area (Å²) in [6.07, 6.45) is 3.82. The van der Waals surface area contributed by atoms with Crippen molar-refractivity contribution in [2.24, 2.45) is 23.5 Å². The molecule has 1 fully saturated rings. The molecule has 1 rings (SSSR count). The molecule has 1 aliphatic rings. The van der Waals surface area contributed by atoms with Gasteiger partial charge in [-0.2, -0.15) is 0 Å². The van der Waals surface area contributed by atoms with E-state index in [0.29, 0.717) is 5.92 Å². The number of carboxylic acid groups (broad SMARTS) is 1. The van der Waals surface area contributed by atoms with E-state index in [9.17, 15) is 9.59 Å². The quantitative estimate of drug-likeness (QED) is 0.773. The highest BCUT2D eigenvalue weighted by Crippen LogP contribution is 2.36. The molecule has 5 nitrogen and oxygen atoms in total. The number of aliphatic carboxylic acids is 1. The van der Waals surface area contributed by atoms with Gasteiger partial charge in [-0.25, -0.2) is 0 Å². The lowest BCUT2D eigenvalue weighted by molar-refractivity contribution is -0.167. The molecule has 0 aromatic carbocycles. The van der Waals surface area contributed by atoms with Gasteiger partial charge in [-0.3, -0.25) is 9.59 Å². The molecule has 4 unspecified atom stereocenters. The molecule has 0 aromatic heterocycles. The van der Waals surface area contributed by atoms with Crippen molar-refractivity contribution in [1.29, 1.82) is 0 Å². The van der Waals surface area contributed by atoms with Gasteiger partial charge in [0.2, 0.25) is 0 Å². The molecule has 0 spiro atoms. The summed E-state index contributed by atoms with van der Waals surface area (Å²) in [5.74, 6) is -1.88. The van der Waals surface area contributed by atoms with E-state index in [2.05, 4.69) is 6.92 Å². The predicted octanol–water partition coefficient (Wildman–Crippen LogP) is 2.18. The van der Waals surface area contributed by atoms with Crippen LogP contribution in [0.15, 0.2) is 0 Å². The third kappa shape index (κ3) is 4.78. The lowest BCUT2D eigenvalue weighted by Crippen LogP contribution is -2.48. The van der Waals surface area contributed by atoms with Crippen molar-refractivity contribution in [2.45, 2.75) is 65.0 Å². The maximum atomic E-state index is 12.3. The number of carbonyl (C=O) groups excluding carboxylic acids is 1. The second kappa shape index (κ2) is 6.57. The van der Waals surface area contributed by atoms with Crippen molar-refractivity contribution in [3.8, 4) is 0 Å². The molecule has 1 aliphatic carbocycles. The zero-order valence-corrected chi connectivity index (χ0v) is 12.9. The lowest BCUT2D eigenvalue weighted by atomic mass is 9.73. The van der Waals surface area contributed by atoms with E-state index in [1.165, 1.54) is 0 Å². The second-order valence-electron chi connectivity index (χ2n) is 6.96. The Labute approximate surface area is 120 Å². The van der Waals surface area contributed by atoms with Crippen LogP contribution < -0.4 is 5.73 Å². The summed E-state index contributed by atoms with van der Waals surface area (Å²) in [7, 11) is 0. The number of carboxylic acids is 1. The van der Waals surface area contributed by atoms with Gasteiger partial charge in [-0.15, -0.1) is 0 Å². The lowest BCUT2D eigenvalue weighted by Gasteiger charge is -2.35. The highest BCUT2D eigenvalue weighted by Gasteiger charge is 2.41. The maximum Gasteiger partial charge on any atom is 0.321 e. The number of rotatable bonds is 4. The summed E-state index contributed by atoms with van der Waals surface area (Å²) >= 11 is 0. The molecule has 0 radical (unpaired) electrons. The molecule has 116 valence electrons. The van der Waals surface area contributed by atoms with Crippen molar-refractivity contribution >= 4 is 11.9 Å². The first kappa shape index (κ1) is 17.0. The fourth-order valence-electron chi connectivity index (χ4n) is 2.96. The summed E-state index contributed by atoms with van der Waals surface area (Å²) < 4.78 is 5.38. The molecule has 20 heavy (non-hydrogen) atoms. The minimum absolute atomic E-state index is 0.000278. The molecular weight excluding hydrogens is 258 g/mol. The molecule has 0 aliphatic heterocycles. The van der Waals surface area contributed by atoms with Crippen LogP contribution in [-0.4, -0.2) is 28.7 Å². The number of hydrogen-bond donors (Lipinski definition) is 2. The Morgan fingerprint density at radius 2 is 1.90 bits per heavy atom. The SMILES string of the molecule is CC1CCCC(C(C(=O)OC(C)(C)C)C(N)C(=O)O)C1. The largest absolute Gasteiger partial charge is 0.480 e. The number of hydrogen-bond acceptors (Lipinski definition) is 4. The normalized spacial score (nSPS) is 26.6. The zero-order valence-electron chi connectivity index (χ0n) is 12.9. The Morgan fingerprint density at radius 3 is 2.35 bits per heavy atom. The van der Waals surface area contributed by atoms with E-state index in [1.54, 1.807) is 20.8 Å². The fourth-order valence-corrected chi connectivity index (χ4v) is 2.96. The zero-order chi connectivity index (χ0) is 15.5. The molecule has 0 saturated heterocycles. The Kier molecular flexibility index (Phi) is 5.57. The van der Waals surface area contributed by atoms with Crippen LogP contribution in [0.25, 0.3) is 0 Å². The minimum Gasteiger partial charge on any atom is -0.480 e. The first-order valence-corrected chi connectivity index (χ1v) is 7.33. The number of carbonyl (C=O) groups is 2. The third-order valence-electron chi connectivity index (χ3n) is 3.84. The molecule has 3 N–H and O–H groups in total. The fraction of sp³-hybridized carbons (Fsp3) is 0.867. The molecular formula is C15H27NO4. The first-order chi connectivity index (χ1) is 9.11. The van der Waals surface area contributed by atoms with Crippen molar-refractivity contribution in [1.82, 2.24) is 0 Å². The second-order valence-corrected chi connectivity index (χ2v) is 6.96. The predicted molar refractivity (Wildman–Crippen MR) is 76.1 cm³/mol. The van der Waals surface area contributed by atoms with E-state index in [0.717, 1.165) is 25.7 Å². The Morgan fingerprint density at radius 1 is 1.30 bits per heavy atom. The molecule has 0 amide bonds. The van der Waals surface area contributed by atoms with Crippen LogP contribution >= 0.6 is 0 Å². The van der Waals surface area contributed by atoms with Gasteiger partial charge in [0.25, 0.3) is 0 Å². The summed E-state index contributed by atoms with van der Waals surface area (Å²) in [5.41, 5.74) is 5.13. The van der Waals surface area contributed by atoms with Gasteiger partial charge < -0.3 is 15.6 Å².